The topological polar surface area (TPSA) is 88.5 Å². The Morgan fingerprint density at radius 1 is 1.26 bits per heavy atom. The molecule has 1 aromatic rings. The number of methoxy groups -OCH3 is 1. The number of rotatable bonds is 1. The van der Waals surface area contributed by atoms with Crippen LogP contribution in [-0.4, -0.2) is 35.0 Å². The van der Waals surface area contributed by atoms with Gasteiger partial charge in [-0.3, -0.25) is 0 Å². The van der Waals surface area contributed by atoms with E-state index in [1.807, 2.05) is 13.0 Å². The summed E-state index contributed by atoms with van der Waals surface area (Å²) < 4.78 is 16.7. The van der Waals surface area contributed by atoms with Crippen LogP contribution in [0.1, 0.15) is 43.1 Å². The van der Waals surface area contributed by atoms with Crippen LogP contribution in [0.3, 0.4) is 0 Å². The van der Waals surface area contributed by atoms with E-state index in [2.05, 4.69) is 0 Å². The lowest BCUT2D eigenvalue weighted by molar-refractivity contribution is -0.154. The molecule has 6 nitrogen and oxygen atoms in total. The third kappa shape index (κ3) is 1.85. The minimum Gasteiger partial charge on any atom is -0.508 e. The number of esters is 1. The molecule has 1 aromatic carbocycles. The molecule has 122 valence electrons. The molecule has 3 aliphatic rings. The molecule has 0 spiro atoms. The first-order chi connectivity index (χ1) is 11.0. The number of carbonyl (C=O) groups excluding carboxylic acids is 1. The van der Waals surface area contributed by atoms with Crippen LogP contribution < -0.4 is 0 Å². The Bertz CT molecular complexity index is 724. The summed E-state index contributed by atoms with van der Waals surface area (Å²) in [6.07, 6.45) is 1.48. The lowest BCUT2D eigenvalue weighted by Crippen LogP contribution is -2.22. The summed E-state index contributed by atoms with van der Waals surface area (Å²) in [5, 5.41) is 20.7. The van der Waals surface area contributed by atoms with E-state index in [0.29, 0.717) is 24.0 Å². The summed E-state index contributed by atoms with van der Waals surface area (Å²) in [7, 11) is 1.54. The van der Waals surface area contributed by atoms with E-state index in [9.17, 15) is 15.0 Å². The number of phenols is 2. The predicted molar refractivity (Wildman–Crippen MR) is 78.9 cm³/mol. The van der Waals surface area contributed by atoms with Crippen molar-refractivity contribution in [2.75, 3.05) is 7.11 Å². The number of epoxide rings is 1. The van der Waals surface area contributed by atoms with E-state index >= 15 is 0 Å². The maximum Gasteiger partial charge on any atom is 0.342 e. The Labute approximate surface area is 133 Å². The standard InChI is InChI=1S/C17H18O6/c1-8-4-3-7-17-15(23-17)14(22-16(17)20)12-10(19)6-5-9(18)11(12)13(8)21-2/h4-6,13-15,18-19H,3,7H2,1-2H3/t13-,14+,15-,17+/m0/s1. The van der Waals surface area contributed by atoms with Gasteiger partial charge in [-0.15, -0.1) is 0 Å². The van der Waals surface area contributed by atoms with Crippen LogP contribution in [0.25, 0.3) is 0 Å². The van der Waals surface area contributed by atoms with Crippen molar-refractivity contribution in [2.45, 2.75) is 43.7 Å². The first kappa shape index (κ1) is 14.5. The van der Waals surface area contributed by atoms with Crippen molar-refractivity contribution in [1.82, 2.24) is 0 Å². The first-order valence-corrected chi connectivity index (χ1v) is 7.62. The molecule has 0 aromatic heterocycles. The van der Waals surface area contributed by atoms with Gasteiger partial charge in [0.05, 0.1) is 0 Å². The average Bonchev–Trinajstić information content (AvgIpc) is 3.19. The maximum absolute atomic E-state index is 12.2. The summed E-state index contributed by atoms with van der Waals surface area (Å²) in [6.45, 7) is 1.90. The highest BCUT2D eigenvalue weighted by Crippen LogP contribution is 2.59. The smallest absolute Gasteiger partial charge is 0.342 e. The van der Waals surface area contributed by atoms with E-state index in [0.717, 1.165) is 5.57 Å². The van der Waals surface area contributed by atoms with Gasteiger partial charge < -0.3 is 24.4 Å². The largest absolute Gasteiger partial charge is 0.508 e. The third-order valence-corrected chi connectivity index (χ3v) is 5.01. The summed E-state index contributed by atoms with van der Waals surface area (Å²) in [6, 6.07) is 2.80. The van der Waals surface area contributed by atoms with Gasteiger partial charge in [-0.25, -0.2) is 4.79 Å². The first-order valence-electron chi connectivity index (χ1n) is 7.62. The van der Waals surface area contributed by atoms with Gasteiger partial charge in [0.1, 0.15) is 23.7 Å². The maximum atomic E-state index is 12.2. The van der Waals surface area contributed by atoms with E-state index in [-0.39, 0.29) is 11.5 Å². The van der Waals surface area contributed by atoms with Crippen LogP contribution in [0.2, 0.25) is 0 Å². The fraction of sp³-hybridized carbons (Fsp3) is 0.471. The van der Waals surface area contributed by atoms with E-state index in [1.54, 1.807) is 7.11 Å². The molecule has 0 unspecified atom stereocenters. The molecule has 2 aliphatic heterocycles. The van der Waals surface area contributed by atoms with Gasteiger partial charge in [-0.1, -0.05) is 6.08 Å². The average molecular weight is 318 g/mol. The minimum absolute atomic E-state index is 0.00725. The molecule has 23 heavy (non-hydrogen) atoms. The minimum atomic E-state index is -0.906. The summed E-state index contributed by atoms with van der Waals surface area (Å²) >= 11 is 0. The number of fused-ring (bicyclic) bond motifs is 2. The van der Waals surface area contributed by atoms with Gasteiger partial charge in [-0.2, -0.15) is 0 Å². The Morgan fingerprint density at radius 3 is 2.61 bits per heavy atom. The zero-order chi connectivity index (χ0) is 16.4. The highest BCUT2D eigenvalue weighted by molar-refractivity contribution is 5.87. The fourth-order valence-corrected chi connectivity index (χ4v) is 3.79. The van der Waals surface area contributed by atoms with E-state index in [4.69, 9.17) is 14.2 Å². The molecule has 2 heterocycles. The number of ether oxygens (including phenoxy) is 3. The van der Waals surface area contributed by atoms with E-state index < -0.39 is 29.9 Å². The van der Waals surface area contributed by atoms with Crippen molar-refractivity contribution in [3.8, 4) is 11.5 Å². The Balaban J connectivity index is 1.96. The van der Waals surface area contributed by atoms with Crippen molar-refractivity contribution < 1.29 is 29.2 Å². The van der Waals surface area contributed by atoms with Crippen molar-refractivity contribution in [3.63, 3.8) is 0 Å². The summed E-state index contributed by atoms with van der Waals surface area (Å²) in [4.78, 5) is 12.2. The third-order valence-electron chi connectivity index (χ3n) is 5.01. The second kappa shape index (κ2) is 4.72. The SMILES string of the molecule is CO[C@H]1C(C)=CCC[C@@]23O[C@H]2[C@H](OC3=O)c2c(O)ccc(O)c21. The molecule has 4 rings (SSSR count). The van der Waals surface area contributed by atoms with E-state index in [1.165, 1.54) is 12.1 Å². The fourth-order valence-electron chi connectivity index (χ4n) is 3.79. The number of carbonyl (C=O) groups is 1. The lowest BCUT2D eigenvalue weighted by atomic mass is 9.87. The molecule has 2 fully saturated rings. The number of aromatic hydroxyl groups is 2. The lowest BCUT2D eigenvalue weighted by Gasteiger charge is -2.24. The molecule has 2 bridgehead atoms. The van der Waals surface area contributed by atoms with Crippen molar-refractivity contribution in [2.24, 2.45) is 0 Å². The number of hydrogen-bond donors (Lipinski definition) is 2. The normalized spacial score (nSPS) is 35.0. The second-order valence-corrected chi connectivity index (χ2v) is 6.29. The molecule has 6 heteroatoms. The predicted octanol–water partition coefficient (Wildman–Crippen LogP) is 2.26. The molecular weight excluding hydrogens is 300 g/mol. The van der Waals surface area contributed by atoms with Crippen LogP contribution in [0.5, 0.6) is 11.5 Å². The number of allylic oxidation sites excluding steroid dienone is 1. The van der Waals surface area contributed by atoms with Gasteiger partial charge in [0.2, 0.25) is 0 Å². The monoisotopic (exact) mass is 318 g/mol. The Morgan fingerprint density at radius 2 is 1.96 bits per heavy atom. The van der Waals surface area contributed by atoms with Crippen LogP contribution in [0, 0.1) is 0 Å². The molecule has 4 atom stereocenters. The molecule has 0 radical (unpaired) electrons. The number of hydrogen-bond acceptors (Lipinski definition) is 6. The van der Waals surface area contributed by atoms with Crippen molar-refractivity contribution in [1.29, 1.82) is 0 Å². The molecule has 0 saturated carbocycles. The summed E-state index contributed by atoms with van der Waals surface area (Å²) in [5.41, 5.74) is 0.782. The van der Waals surface area contributed by atoms with Crippen LogP contribution in [0.4, 0.5) is 0 Å². The highest BCUT2D eigenvalue weighted by Gasteiger charge is 2.73. The molecule has 0 amide bonds. The zero-order valence-corrected chi connectivity index (χ0v) is 12.9. The van der Waals surface area contributed by atoms with Crippen LogP contribution in [0.15, 0.2) is 23.8 Å². The quantitative estimate of drug-likeness (QED) is 0.357. The van der Waals surface area contributed by atoms with Crippen LogP contribution in [-0.2, 0) is 19.0 Å². The van der Waals surface area contributed by atoms with Crippen molar-refractivity contribution >= 4 is 5.97 Å². The Hall–Kier alpha value is -2.05. The van der Waals surface area contributed by atoms with Crippen molar-refractivity contribution in [3.05, 3.63) is 34.9 Å². The van der Waals surface area contributed by atoms with Gasteiger partial charge >= 0.3 is 5.97 Å². The summed E-state index contributed by atoms with van der Waals surface area (Å²) in [5.74, 6) is -0.451. The number of phenolic OH excluding ortho intramolecular Hbond substituents is 2. The van der Waals surface area contributed by atoms with Gasteiger partial charge in [-0.05, 0) is 37.5 Å². The van der Waals surface area contributed by atoms with Gasteiger partial charge in [0.15, 0.2) is 11.7 Å². The van der Waals surface area contributed by atoms with Gasteiger partial charge in [0.25, 0.3) is 0 Å². The Kier molecular flexibility index (Phi) is 2.98. The van der Waals surface area contributed by atoms with Crippen LogP contribution >= 0.6 is 0 Å². The molecule has 1 aliphatic carbocycles. The molecule has 2 saturated heterocycles. The number of benzene rings is 1. The van der Waals surface area contributed by atoms with Gasteiger partial charge in [0, 0.05) is 18.2 Å². The second-order valence-electron chi connectivity index (χ2n) is 6.29. The molecule has 2 N–H and O–H groups in total. The highest BCUT2D eigenvalue weighted by atomic mass is 16.7. The zero-order valence-electron chi connectivity index (χ0n) is 12.9. The molecular formula is C17H18O6.